The average molecular weight is 449 g/mol. The molecule has 0 radical (unpaired) electrons. The number of hydrogen-bond donors (Lipinski definition) is 1. The van der Waals surface area contributed by atoms with Gasteiger partial charge in [-0.2, -0.15) is 0 Å². The number of aliphatic imine (C=N–C) groups is 1. The second-order valence-electron chi connectivity index (χ2n) is 7.75. The van der Waals surface area contributed by atoms with E-state index in [0.29, 0.717) is 12.1 Å². The van der Waals surface area contributed by atoms with E-state index >= 15 is 0 Å². The number of ether oxygens (including phenoxy) is 1. The minimum atomic E-state index is 0. The molecule has 5 heteroatoms. The van der Waals surface area contributed by atoms with E-state index in [1.54, 1.807) is 0 Å². The van der Waals surface area contributed by atoms with Gasteiger partial charge in [0.05, 0.1) is 6.10 Å². The summed E-state index contributed by atoms with van der Waals surface area (Å²) < 4.78 is 6.18. The topological polar surface area (TPSA) is 36.9 Å². The molecule has 2 atom stereocenters. The molecule has 1 N–H and O–H groups in total. The Morgan fingerprint density at radius 1 is 1.17 bits per heavy atom. The molecule has 3 rings (SSSR count). The molecule has 4 nitrogen and oxygen atoms in total. The first-order valence-electron chi connectivity index (χ1n) is 9.90. The summed E-state index contributed by atoms with van der Waals surface area (Å²) in [6, 6.07) is 0.671. The van der Waals surface area contributed by atoms with Crippen molar-refractivity contribution in [3.8, 4) is 0 Å². The SMILES string of the molecule is CCCC1CC1NC(=NC)N1CCC(OCC2CCCC2)CC1.I. The molecule has 0 amide bonds. The van der Waals surface area contributed by atoms with Gasteiger partial charge >= 0.3 is 0 Å². The van der Waals surface area contributed by atoms with E-state index in [4.69, 9.17) is 4.74 Å². The van der Waals surface area contributed by atoms with E-state index < -0.39 is 0 Å². The molecule has 2 saturated carbocycles. The maximum atomic E-state index is 6.18. The van der Waals surface area contributed by atoms with Gasteiger partial charge in [0.2, 0.25) is 0 Å². The zero-order valence-corrected chi connectivity index (χ0v) is 17.8. The zero-order valence-electron chi connectivity index (χ0n) is 15.5. The minimum Gasteiger partial charge on any atom is -0.378 e. The number of rotatable bonds is 6. The van der Waals surface area contributed by atoms with Gasteiger partial charge < -0.3 is 15.0 Å². The maximum absolute atomic E-state index is 6.18. The third-order valence-electron chi connectivity index (χ3n) is 5.89. The van der Waals surface area contributed by atoms with E-state index in [1.807, 2.05) is 7.05 Å². The van der Waals surface area contributed by atoms with Crippen molar-refractivity contribution in [2.75, 3.05) is 26.7 Å². The summed E-state index contributed by atoms with van der Waals surface area (Å²) in [6.07, 6.45) is 12.3. The molecule has 1 aliphatic heterocycles. The number of likely N-dealkylation sites (tertiary alicyclic amines) is 1. The van der Waals surface area contributed by atoms with Crippen molar-refractivity contribution in [2.24, 2.45) is 16.8 Å². The molecule has 0 aromatic rings. The summed E-state index contributed by atoms with van der Waals surface area (Å²) in [5.41, 5.74) is 0. The second kappa shape index (κ2) is 10.2. The van der Waals surface area contributed by atoms with Crippen molar-refractivity contribution >= 4 is 29.9 Å². The van der Waals surface area contributed by atoms with Crippen LogP contribution in [0.5, 0.6) is 0 Å². The van der Waals surface area contributed by atoms with Gasteiger partial charge in [-0.25, -0.2) is 0 Å². The Hall–Kier alpha value is -0.0400. The van der Waals surface area contributed by atoms with Crippen LogP contribution < -0.4 is 5.32 Å². The first-order chi connectivity index (χ1) is 11.3. The summed E-state index contributed by atoms with van der Waals surface area (Å²) >= 11 is 0. The number of nitrogens with one attached hydrogen (secondary N) is 1. The lowest BCUT2D eigenvalue weighted by Gasteiger charge is -2.34. The van der Waals surface area contributed by atoms with Gasteiger partial charge in [0.1, 0.15) is 0 Å². The minimum absolute atomic E-state index is 0. The van der Waals surface area contributed by atoms with Crippen LogP contribution in [0.2, 0.25) is 0 Å². The second-order valence-corrected chi connectivity index (χ2v) is 7.75. The largest absolute Gasteiger partial charge is 0.378 e. The summed E-state index contributed by atoms with van der Waals surface area (Å²) in [7, 11) is 1.92. The number of piperidine rings is 1. The van der Waals surface area contributed by atoms with Gasteiger partial charge in [0, 0.05) is 32.8 Å². The Kier molecular flexibility index (Phi) is 8.61. The fraction of sp³-hybridized carbons (Fsp3) is 0.947. The first kappa shape index (κ1) is 20.3. The maximum Gasteiger partial charge on any atom is 0.193 e. The molecule has 2 aliphatic carbocycles. The van der Waals surface area contributed by atoms with E-state index in [2.05, 4.69) is 22.1 Å². The fourth-order valence-corrected chi connectivity index (χ4v) is 4.26. The van der Waals surface area contributed by atoms with Gasteiger partial charge in [-0.1, -0.05) is 26.2 Å². The van der Waals surface area contributed by atoms with Crippen LogP contribution in [0.25, 0.3) is 0 Å². The molecule has 0 aromatic heterocycles. The number of hydrogen-bond acceptors (Lipinski definition) is 2. The predicted molar refractivity (Wildman–Crippen MR) is 111 cm³/mol. The van der Waals surface area contributed by atoms with Gasteiger partial charge in [0.25, 0.3) is 0 Å². The third-order valence-corrected chi connectivity index (χ3v) is 5.89. The van der Waals surface area contributed by atoms with Crippen molar-refractivity contribution in [3.63, 3.8) is 0 Å². The average Bonchev–Trinajstić information content (AvgIpc) is 3.09. The highest BCUT2D eigenvalue weighted by molar-refractivity contribution is 14.0. The molecule has 24 heavy (non-hydrogen) atoms. The van der Waals surface area contributed by atoms with Crippen molar-refractivity contribution < 1.29 is 4.74 Å². The molecule has 0 bridgehead atoms. The molecule has 1 heterocycles. The summed E-state index contributed by atoms with van der Waals surface area (Å²) in [4.78, 5) is 6.94. The van der Waals surface area contributed by atoms with Crippen LogP contribution in [0, 0.1) is 11.8 Å². The van der Waals surface area contributed by atoms with Crippen molar-refractivity contribution in [2.45, 2.75) is 76.9 Å². The lowest BCUT2D eigenvalue weighted by Crippen LogP contribution is -2.48. The Bertz CT molecular complexity index is 390. The van der Waals surface area contributed by atoms with E-state index in [9.17, 15) is 0 Å². The van der Waals surface area contributed by atoms with E-state index in [-0.39, 0.29) is 24.0 Å². The Labute approximate surface area is 165 Å². The molecule has 3 fully saturated rings. The highest BCUT2D eigenvalue weighted by Gasteiger charge is 2.37. The monoisotopic (exact) mass is 449 g/mol. The van der Waals surface area contributed by atoms with E-state index in [1.165, 1.54) is 44.9 Å². The Morgan fingerprint density at radius 3 is 2.50 bits per heavy atom. The van der Waals surface area contributed by atoms with E-state index in [0.717, 1.165) is 50.3 Å². The quantitative estimate of drug-likeness (QED) is 0.378. The summed E-state index contributed by atoms with van der Waals surface area (Å²) in [6.45, 7) is 5.44. The standard InChI is InChI=1S/C19H35N3O.HI/c1-3-6-16-13-18(16)21-19(20-2)22-11-9-17(10-12-22)23-14-15-7-4-5-8-15;/h15-18H,3-14H2,1-2H3,(H,20,21);1H. The van der Waals surface area contributed by atoms with Gasteiger partial charge in [0.15, 0.2) is 5.96 Å². The Morgan fingerprint density at radius 2 is 1.88 bits per heavy atom. The number of nitrogens with zero attached hydrogens (tertiary/aromatic N) is 2. The zero-order chi connectivity index (χ0) is 16.1. The molecule has 0 aromatic carbocycles. The van der Waals surface area contributed by atoms with Crippen molar-refractivity contribution in [1.82, 2.24) is 10.2 Å². The molecule has 2 unspecified atom stereocenters. The summed E-state index contributed by atoms with van der Waals surface area (Å²) in [5, 5.41) is 3.67. The highest BCUT2D eigenvalue weighted by atomic mass is 127. The van der Waals surface area contributed by atoms with Crippen LogP contribution >= 0.6 is 24.0 Å². The highest BCUT2D eigenvalue weighted by Crippen LogP contribution is 2.34. The third kappa shape index (κ3) is 5.75. The first-order valence-corrected chi connectivity index (χ1v) is 9.90. The molecule has 0 spiro atoms. The molecule has 1 saturated heterocycles. The van der Waals surface area contributed by atoms with Crippen LogP contribution in [0.4, 0.5) is 0 Å². The smallest absolute Gasteiger partial charge is 0.193 e. The van der Waals surface area contributed by atoms with Crippen molar-refractivity contribution in [3.05, 3.63) is 0 Å². The normalized spacial score (nSPS) is 28.8. The Balaban J connectivity index is 0.00000208. The van der Waals surface area contributed by atoms with Gasteiger partial charge in [-0.15, -0.1) is 24.0 Å². The molecule has 3 aliphatic rings. The van der Waals surface area contributed by atoms with Crippen molar-refractivity contribution in [1.29, 1.82) is 0 Å². The van der Waals surface area contributed by atoms with Crippen LogP contribution in [0.3, 0.4) is 0 Å². The predicted octanol–water partition coefficient (Wildman–Crippen LogP) is 4.04. The molecular formula is C19H36IN3O. The van der Waals surface area contributed by atoms with Gasteiger partial charge in [-0.05, 0) is 50.4 Å². The van der Waals surface area contributed by atoms with Crippen LogP contribution in [-0.2, 0) is 4.74 Å². The lowest BCUT2D eigenvalue weighted by molar-refractivity contribution is 0.001000. The number of halogens is 1. The lowest BCUT2D eigenvalue weighted by atomic mass is 10.1. The van der Waals surface area contributed by atoms with Gasteiger partial charge in [-0.3, -0.25) is 4.99 Å². The molecule has 140 valence electrons. The van der Waals surface area contributed by atoms with Crippen LogP contribution in [0.15, 0.2) is 4.99 Å². The number of guanidine groups is 1. The van der Waals surface area contributed by atoms with Crippen LogP contribution in [-0.4, -0.2) is 49.7 Å². The summed E-state index contributed by atoms with van der Waals surface area (Å²) in [5.74, 6) is 2.83. The molecular weight excluding hydrogens is 413 g/mol. The van der Waals surface area contributed by atoms with Crippen LogP contribution in [0.1, 0.15) is 64.7 Å². The fourth-order valence-electron chi connectivity index (χ4n) is 4.26.